The lowest BCUT2D eigenvalue weighted by atomic mass is 10.2. The van der Waals surface area contributed by atoms with E-state index in [0.29, 0.717) is 4.80 Å². The van der Waals surface area contributed by atoms with Crippen LogP contribution in [-0.4, -0.2) is 34.4 Å². The summed E-state index contributed by atoms with van der Waals surface area (Å²) in [4.78, 5) is 31.7. The van der Waals surface area contributed by atoms with Crippen molar-refractivity contribution in [2.24, 2.45) is 4.99 Å². The monoisotopic (exact) mass is 411 g/mol. The number of para-hydroxylation sites is 2. The molecule has 0 aliphatic carbocycles. The van der Waals surface area contributed by atoms with Crippen molar-refractivity contribution >= 4 is 50.8 Å². The zero-order valence-corrected chi connectivity index (χ0v) is 17.3. The summed E-state index contributed by atoms with van der Waals surface area (Å²) in [6.07, 6.45) is 0.893. The second-order valence-corrected chi connectivity index (χ2v) is 8.51. The predicted molar refractivity (Wildman–Crippen MR) is 116 cm³/mol. The van der Waals surface area contributed by atoms with Gasteiger partial charge in [0.15, 0.2) is 4.80 Å². The first-order valence-electron chi connectivity index (χ1n) is 9.29. The van der Waals surface area contributed by atoms with Crippen molar-refractivity contribution in [3.05, 3.63) is 58.9 Å². The highest BCUT2D eigenvalue weighted by Crippen LogP contribution is 2.27. The third kappa shape index (κ3) is 3.77. The standard InChI is InChI=1S/C21H21N3O2S2/c1-2-23-17-9-5-6-10-18(17)28-21(23)22-19(25)13-27-14-20(26)24-12-11-15-7-3-4-8-16(15)24/h3-10H,2,11-14H2,1H3. The quantitative estimate of drug-likeness (QED) is 0.646. The van der Waals surface area contributed by atoms with Gasteiger partial charge in [0, 0.05) is 18.8 Å². The van der Waals surface area contributed by atoms with Crippen LogP contribution in [0.1, 0.15) is 12.5 Å². The van der Waals surface area contributed by atoms with Crippen LogP contribution in [0.4, 0.5) is 5.69 Å². The van der Waals surface area contributed by atoms with E-state index >= 15 is 0 Å². The van der Waals surface area contributed by atoms with E-state index in [1.807, 2.05) is 54.3 Å². The Balaban J connectivity index is 1.39. The number of carbonyl (C=O) groups excluding carboxylic acids is 2. The maximum atomic E-state index is 12.5. The lowest BCUT2D eigenvalue weighted by molar-refractivity contribution is -0.116. The SMILES string of the molecule is CCn1c(=NC(=O)CSCC(=O)N2CCc3ccccc32)sc2ccccc21. The number of benzene rings is 2. The predicted octanol–water partition coefficient (Wildman–Crippen LogP) is 3.47. The molecule has 2 aromatic carbocycles. The Labute approximate surface area is 171 Å². The normalized spacial score (nSPS) is 13.9. The number of hydrogen-bond acceptors (Lipinski definition) is 4. The molecule has 28 heavy (non-hydrogen) atoms. The van der Waals surface area contributed by atoms with Crippen LogP contribution in [0.3, 0.4) is 0 Å². The summed E-state index contributed by atoms with van der Waals surface area (Å²) >= 11 is 2.85. The van der Waals surface area contributed by atoms with Crippen LogP contribution < -0.4 is 9.70 Å². The molecule has 0 atom stereocenters. The molecule has 0 N–H and O–H groups in total. The molecule has 1 aliphatic heterocycles. The van der Waals surface area contributed by atoms with Crippen LogP contribution in [0.2, 0.25) is 0 Å². The molecule has 4 rings (SSSR count). The number of thioether (sulfide) groups is 1. The van der Waals surface area contributed by atoms with Gasteiger partial charge in [-0.3, -0.25) is 9.59 Å². The van der Waals surface area contributed by atoms with Gasteiger partial charge >= 0.3 is 0 Å². The van der Waals surface area contributed by atoms with E-state index in [1.165, 1.54) is 28.7 Å². The molecule has 1 aromatic heterocycles. The van der Waals surface area contributed by atoms with Gasteiger partial charge in [0.2, 0.25) is 5.91 Å². The summed E-state index contributed by atoms with van der Waals surface area (Å²) in [5.41, 5.74) is 3.30. The number of anilines is 1. The topological polar surface area (TPSA) is 54.7 Å². The van der Waals surface area contributed by atoms with Crippen LogP contribution in [-0.2, 0) is 22.6 Å². The molecule has 1 aliphatic rings. The Bertz CT molecular complexity index is 1100. The molecule has 0 unspecified atom stereocenters. The number of thiazole rings is 1. The van der Waals surface area contributed by atoms with Crippen molar-refractivity contribution < 1.29 is 9.59 Å². The van der Waals surface area contributed by atoms with Crippen LogP contribution in [0.15, 0.2) is 53.5 Å². The van der Waals surface area contributed by atoms with E-state index in [9.17, 15) is 9.59 Å². The highest BCUT2D eigenvalue weighted by Gasteiger charge is 2.23. The highest BCUT2D eigenvalue weighted by molar-refractivity contribution is 8.00. The number of aromatic nitrogens is 1. The number of amides is 2. The Kier molecular flexibility index (Phi) is 5.64. The Morgan fingerprint density at radius 2 is 1.89 bits per heavy atom. The van der Waals surface area contributed by atoms with Crippen molar-refractivity contribution in [2.45, 2.75) is 19.9 Å². The van der Waals surface area contributed by atoms with Gasteiger partial charge in [-0.1, -0.05) is 41.7 Å². The number of fused-ring (bicyclic) bond motifs is 2. The second kappa shape index (κ2) is 8.32. The average Bonchev–Trinajstić information content (AvgIpc) is 3.28. The van der Waals surface area contributed by atoms with E-state index in [2.05, 4.69) is 15.6 Å². The summed E-state index contributed by atoms with van der Waals surface area (Å²) in [6, 6.07) is 16.1. The van der Waals surface area contributed by atoms with Gasteiger partial charge < -0.3 is 9.47 Å². The molecule has 0 saturated heterocycles. The van der Waals surface area contributed by atoms with Crippen molar-refractivity contribution in [3.8, 4) is 0 Å². The molecule has 5 nitrogen and oxygen atoms in total. The van der Waals surface area contributed by atoms with E-state index in [1.54, 1.807) is 0 Å². The fourth-order valence-corrected chi connectivity index (χ4v) is 5.23. The molecule has 0 fully saturated rings. The van der Waals surface area contributed by atoms with Gasteiger partial charge in [0.1, 0.15) is 0 Å². The van der Waals surface area contributed by atoms with Gasteiger partial charge in [0.25, 0.3) is 5.91 Å². The van der Waals surface area contributed by atoms with Gasteiger partial charge in [-0.25, -0.2) is 0 Å². The smallest absolute Gasteiger partial charge is 0.258 e. The lowest BCUT2D eigenvalue weighted by Gasteiger charge is -2.16. The largest absolute Gasteiger partial charge is 0.317 e. The van der Waals surface area contributed by atoms with Crippen LogP contribution in [0.25, 0.3) is 10.2 Å². The van der Waals surface area contributed by atoms with Gasteiger partial charge in [-0.2, -0.15) is 4.99 Å². The third-order valence-corrected chi connectivity index (χ3v) is 6.73. The van der Waals surface area contributed by atoms with Gasteiger partial charge in [-0.15, -0.1) is 11.8 Å². The van der Waals surface area contributed by atoms with Gasteiger partial charge in [0.05, 0.1) is 21.7 Å². The summed E-state index contributed by atoms with van der Waals surface area (Å²) in [5, 5.41) is 0. The molecule has 7 heteroatoms. The number of hydrogen-bond donors (Lipinski definition) is 0. The molecule has 0 saturated carbocycles. The third-order valence-electron chi connectivity index (χ3n) is 4.76. The van der Waals surface area contributed by atoms with Crippen molar-refractivity contribution in [3.63, 3.8) is 0 Å². The van der Waals surface area contributed by atoms with Crippen molar-refractivity contribution in [1.29, 1.82) is 0 Å². The minimum absolute atomic E-state index is 0.0493. The molecule has 144 valence electrons. The fourth-order valence-electron chi connectivity index (χ4n) is 3.45. The maximum Gasteiger partial charge on any atom is 0.258 e. The maximum absolute atomic E-state index is 12.5. The first-order valence-corrected chi connectivity index (χ1v) is 11.3. The minimum atomic E-state index is -0.201. The fraction of sp³-hybridized carbons (Fsp3) is 0.286. The minimum Gasteiger partial charge on any atom is -0.317 e. The zero-order valence-electron chi connectivity index (χ0n) is 15.6. The summed E-state index contributed by atoms with van der Waals surface area (Å²) in [7, 11) is 0. The molecule has 2 heterocycles. The van der Waals surface area contributed by atoms with Crippen LogP contribution in [0.5, 0.6) is 0 Å². The molecule has 2 amide bonds. The van der Waals surface area contributed by atoms with E-state index in [4.69, 9.17) is 0 Å². The molecular weight excluding hydrogens is 390 g/mol. The zero-order chi connectivity index (χ0) is 19.5. The van der Waals surface area contributed by atoms with Crippen LogP contribution >= 0.6 is 23.1 Å². The first kappa shape index (κ1) is 19.0. The molecule has 0 spiro atoms. The van der Waals surface area contributed by atoms with Gasteiger partial charge in [-0.05, 0) is 37.1 Å². The highest BCUT2D eigenvalue weighted by atomic mass is 32.2. The second-order valence-electron chi connectivity index (χ2n) is 6.52. The molecule has 0 radical (unpaired) electrons. The average molecular weight is 412 g/mol. The molecule has 0 bridgehead atoms. The summed E-state index contributed by atoms with van der Waals surface area (Å²) in [6.45, 7) is 3.52. The summed E-state index contributed by atoms with van der Waals surface area (Å²) < 4.78 is 3.17. The Hall–Kier alpha value is -2.38. The number of nitrogens with zero attached hydrogens (tertiary/aromatic N) is 3. The number of carbonyl (C=O) groups is 2. The van der Waals surface area contributed by atoms with E-state index in [-0.39, 0.29) is 23.3 Å². The molecule has 3 aromatic rings. The van der Waals surface area contributed by atoms with E-state index < -0.39 is 0 Å². The number of aryl methyl sites for hydroxylation is 1. The van der Waals surface area contributed by atoms with E-state index in [0.717, 1.165) is 35.4 Å². The first-order chi connectivity index (χ1) is 13.7. The molecular formula is C21H21N3O2S2. The lowest BCUT2D eigenvalue weighted by Crippen LogP contribution is -2.30. The summed E-state index contributed by atoms with van der Waals surface area (Å²) in [5.74, 6) is 0.344. The number of rotatable bonds is 5. The van der Waals surface area contributed by atoms with Crippen molar-refractivity contribution in [2.75, 3.05) is 23.0 Å². The Morgan fingerprint density at radius 1 is 1.11 bits per heavy atom. The van der Waals surface area contributed by atoms with Crippen molar-refractivity contribution in [1.82, 2.24) is 4.57 Å². The Morgan fingerprint density at radius 3 is 2.75 bits per heavy atom. The van der Waals surface area contributed by atoms with Crippen LogP contribution in [0, 0.1) is 0 Å².